The zero-order valence-corrected chi connectivity index (χ0v) is 14.7. The van der Waals surface area contributed by atoms with Gasteiger partial charge in [-0.2, -0.15) is 4.98 Å². The summed E-state index contributed by atoms with van der Waals surface area (Å²) in [4.78, 5) is 16.4. The zero-order chi connectivity index (χ0) is 18.6. The number of benzene rings is 2. The van der Waals surface area contributed by atoms with E-state index in [1.165, 1.54) is 24.3 Å². The molecule has 0 unspecified atom stereocenters. The molecule has 0 spiro atoms. The summed E-state index contributed by atoms with van der Waals surface area (Å²) in [6.07, 6.45) is 1.06. The second kappa shape index (κ2) is 7.36. The minimum absolute atomic E-state index is 0.0853. The molecule has 0 aliphatic carbocycles. The maximum atomic E-state index is 12.2. The molecule has 1 heterocycles. The van der Waals surface area contributed by atoms with Crippen LogP contribution in [0.2, 0.25) is 0 Å². The van der Waals surface area contributed by atoms with Crippen molar-refractivity contribution in [2.24, 2.45) is 0 Å². The number of anilines is 1. The van der Waals surface area contributed by atoms with Crippen LogP contribution in [0, 0.1) is 0 Å². The van der Waals surface area contributed by atoms with Crippen LogP contribution < -0.4 is 10.0 Å². The van der Waals surface area contributed by atoms with Crippen LogP contribution in [0.1, 0.15) is 16.2 Å². The van der Waals surface area contributed by atoms with E-state index in [0.717, 1.165) is 11.8 Å². The van der Waals surface area contributed by atoms with Gasteiger partial charge in [-0.15, -0.1) is 0 Å². The van der Waals surface area contributed by atoms with E-state index in [2.05, 4.69) is 20.2 Å². The molecule has 0 atom stereocenters. The summed E-state index contributed by atoms with van der Waals surface area (Å²) in [7, 11) is -3.36. The lowest BCUT2D eigenvalue weighted by Gasteiger charge is -2.05. The van der Waals surface area contributed by atoms with Crippen LogP contribution in [0.4, 0.5) is 5.69 Å². The van der Waals surface area contributed by atoms with Crippen molar-refractivity contribution < 1.29 is 17.7 Å². The third-order valence-electron chi connectivity index (χ3n) is 3.35. The smallest absolute Gasteiger partial charge is 0.251 e. The van der Waals surface area contributed by atoms with Gasteiger partial charge >= 0.3 is 0 Å². The molecule has 134 valence electrons. The van der Waals surface area contributed by atoms with Gasteiger partial charge in [0.25, 0.3) is 5.91 Å². The number of amides is 1. The normalized spacial score (nSPS) is 11.1. The molecule has 2 N–H and O–H groups in total. The molecule has 2 aromatic carbocycles. The average Bonchev–Trinajstić information content (AvgIpc) is 3.09. The zero-order valence-electron chi connectivity index (χ0n) is 13.8. The van der Waals surface area contributed by atoms with Gasteiger partial charge < -0.3 is 9.84 Å². The lowest BCUT2D eigenvalue weighted by Crippen LogP contribution is -2.23. The van der Waals surface area contributed by atoms with Crippen LogP contribution in [0.3, 0.4) is 0 Å². The van der Waals surface area contributed by atoms with Gasteiger partial charge in [-0.05, 0) is 24.3 Å². The van der Waals surface area contributed by atoms with Crippen LogP contribution in [0.5, 0.6) is 0 Å². The molecule has 0 saturated heterocycles. The summed E-state index contributed by atoms with van der Waals surface area (Å²) in [5.41, 5.74) is 1.59. The Hall–Kier alpha value is -3.20. The maximum Gasteiger partial charge on any atom is 0.251 e. The van der Waals surface area contributed by atoms with Gasteiger partial charge in [-0.1, -0.05) is 35.5 Å². The fourth-order valence-electron chi connectivity index (χ4n) is 2.19. The number of nitrogens with zero attached hydrogens (tertiary/aromatic N) is 2. The molecule has 3 rings (SSSR count). The number of nitrogens with one attached hydrogen (secondary N) is 2. The Morgan fingerprint density at radius 2 is 1.77 bits per heavy atom. The number of hydrogen-bond donors (Lipinski definition) is 2. The van der Waals surface area contributed by atoms with Crippen molar-refractivity contribution in [1.29, 1.82) is 0 Å². The van der Waals surface area contributed by atoms with E-state index in [0.29, 0.717) is 17.1 Å². The van der Waals surface area contributed by atoms with Crippen molar-refractivity contribution in [1.82, 2.24) is 15.5 Å². The molecule has 1 amide bonds. The van der Waals surface area contributed by atoms with E-state index in [1.807, 2.05) is 30.3 Å². The van der Waals surface area contributed by atoms with Gasteiger partial charge in [0.1, 0.15) is 0 Å². The predicted molar refractivity (Wildman–Crippen MR) is 95.8 cm³/mol. The first-order chi connectivity index (χ1) is 12.4. The number of aromatic nitrogens is 2. The summed E-state index contributed by atoms with van der Waals surface area (Å²) in [5.74, 6) is 0.397. The maximum absolute atomic E-state index is 12.2. The van der Waals surface area contributed by atoms with Gasteiger partial charge in [0.15, 0.2) is 0 Å². The topological polar surface area (TPSA) is 114 Å². The Morgan fingerprint density at radius 1 is 1.08 bits per heavy atom. The third-order valence-corrected chi connectivity index (χ3v) is 3.96. The molecule has 26 heavy (non-hydrogen) atoms. The molecule has 0 saturated carbocycles. The monoisotopic (exact) mass is 372 g/mol. The molecule has 0 radical (unpaired) electrons. The number of sulfonamides is 1. The van der Waals surface area contributed by atoms with Crippen molar-refractivity contribution in [2.45, 2.75) is 6.54 Å². The fourth-order valence-corrected chi connectivity index (χ4v) is 2.76. The number of carbonyl (C=O) groups is 1. The van der Waals surface area contributed by atoms with Gasteiger partial charge in [0.2, 0.25) is 21.7 Å². The average molecular weight is 372 g/mol. The van der Waals surface area contributed by atoms with Gasteiger partial charge in [-0.3, -0.25) is 9.52 Å². The van der Waals surface area contributed by atoms with Crippen LogP contribution in [-0.4, -0.2) is 30.7 Å². The summed E-state index contributed by atoms with van der Waals surface area (Å²) in [5, 5.41) is 6.55. The molecule has 1 aromatic heterocycles. The van der Waals surface area contributed by atoms with Crippen LogP contribution in [0.15, 0.2) is 59.1 Å². The summed E-state index contributed by atoms with van der Waals surface area (Å²) >= 11 is 0. The van der Waals surface area contributed by atoms with Crippen molar-refractivity contribution in [3.05, 3.63) is 66.1 Å². The quantitative estimate of drug-likeness (QED) is 0.684. The molecule has 0 bridgehead atoms. The van der Waals surface area contributed by atoms with E-state index in [9.17, 15) is 13.2 Å². The van der Waals surface area contributed by atoms with E-state index in [4.69, 9.17) is 4.52 Å². The molecule has 0 aliphatic heterocycles. The lowest BCUT2D eigenvalue weighted by atomic mass is 10.2. The van der Waals surface area contributed by atoms with Crippen LogP contribution in [0.25, 0.3) is 11.4 Å². The number of hydrogen-bond acceptors (Lipinski definition) is 6. The highest BCUT2D eigenvalue weighted by atomic mass is 32.2. The first kappa shape index (κ1) is 17.6. The predicted octanol–water partition coefficient (Wildman–Crippen LogP) is 2.04. The molecule has 8 nitrogen and oxygen atoms in total. The highest BCUT2D eigenvalue weighted by molar-refractivity contribution is 7.92. The second-order valence-corrected chi connectivity index (χ2v) is 7.26. The van der Waals surface area contributed by atoms with Gasteiger partial charge in [0, 0.05) is 16.8 Å². The van der Waals surface area contributed by atoms with Crippen LogP contribution in [-0.2, 0) is 16.6 Å². The molecular weight excluding hydrogens is 356 g/mol. The molecule has 0 aliphatic rings. The minimum Gasteiger partial charge on any atom is -0.343 e. The SMILES string of the molecule is CS(=O)(=O)Nc1ccc(C(=O)NCc2nc(-c3ccccc3)no2)cc1. The molecule has 3 aromatic rings. The van der Waals surface area contributed by atoms with Crippen LogP contribution >= 0.6 is 0 Å². The summed E-state index contributed by atoms with van der Waals surface area (Å²) in [6.45, 7) is 0.0853. The molecular formula is C17H16N4O4S. The summed E-state index contributed by atoms with van der Waals surface area (Å²) < 4.78 is 29.8. The molecule has 0 fully saturated rings. The van der Waals surface area contributed by atoms with Crippen molar-refractivity contribution in [3.8, 4) is 11.4 Å². The van der Waals surface area contributed by atoms with Crippen molar-refractivity contribution >= 4 is 21.6 Å². The van der Waals surface area contributed by atoms with E-state index < -0.39 is 10.0 Å². The van der Waals surface area contributed by atoms with Gasteiger partial charge in [-0.25, -0.2) is 8.42 Å². The Morgan fingerprint density at radius 3 is 2.42 bits per heavy atom. The van der Waals surface area contributed by atoms with E-state index in [-0.39, 0.29) is 18.3 Å². The largest absolute Gasteiger partial charge is 0.343 e. The molecule has 9 heteroatoms. The Kier molecular flexibility index (Phi) is 4.99. The number of rotatable bonds is 6. The highest BCUT2D eigenvalue weighted by Gasteiger charge is 2.11. The minimum atomic E-state index is -3.36. The Labute approximate surface area is 150 Å². The number of carbonyl (C=O) groups excluding carboxylic acids is 1. The Bertz CT molecular complexity index is 999. The highest BCUT2D eigenvalue weighted by Crippen LogP contribution is 2.15. The summed E-state index contributed by atoms with van der Waals surface area (Å²) in [6, 6.07) is 15.4. The second-order valence-electron chi connectivity index (χ2n) is 5.51. The first-order valence-electron chi connectivity index (χ1n) is 7.65. The van der Waals surface area contributed by atoms with Crippen molar-refractivity contribution in [3.63, 3.8) is 0 Å². The standard InChI is InChI=1S/C17H16N4O4S/c1-26(23,24)21-14-9-7-13(8-10-14)17(22)18-11-15-19-16(20-25-15)12-5-3-2-4-6-12/h2-10,21H,11H2,1H3,(H,18,22). The fraction of sp³-hybridized carbons (Fsp3) is 0.118. The Balaban J connectivity index is 1.60. The van der Waals surface area contributed by atoms with E-state index >= 15 is 0 Å². The van der Waals surface area contributed by atoms with Crippen molar-refractivity contribution in [2.75, 3.05) is 11.0 Å². The van der Waals surface area contributed by atoms with Gasteiger partial charge in [0.05, 0.1) is 12.8 Å². The third kappa shape index (κ3) is 4.67. The van der Waals surface area contributed by atoms with E-state index in [1.54, 1.807) is 0 Å². The first-order valence-corrected chi connectivity index (χ1v) is 9.54. The lowest BCUT2D eigenvalue weighted by molar-refractivity contribution is 0.0946.